The van der Waals surface area contributed by atoms with Crippen LogP contribution < -0.4 is 5.32 Å². The lowest BCUT2D eigenvalue weighted by atomic mass is 10.1. The number of nitrogens with zero attached hydrogens (tertiary/aromatic N) is 2. The quantitative estimate of drug-likeness (QED) is 0.877. The van der Waals surface area contributed by atoms with Gasteiger partial charge in [0.05, 0.1) is 6.04 Å². The van der Waals surface area contributed by atoms with Gasteiger partial charge in [0.1, 0.15) is 10.0 Å². The first-order chi connectivity index (χ1) is 9.20. The highest BCUT2D eigenvalue weighted by Gasteiger charge is 2.18. The minimum Gasteiger partial charge on any atom is -0.304 e. The molecule has 0 aliphatic carbocycles. The number of benzene rings is 1. The van der Waals surface area contributed by atoms with Gasteiger partial charge < -0.3 is 5.32 Å². The van der Waals surface area contributed by atoms with Crippen molar-refractivity contribution in [3.8, 4) is 0 Å². The summed E-state index contributed by atoms with van der Waals surface area (Å²) in [6.07, 6.45) is 1.01. The topological polar surface area (TPSA) is 37.8 Å². The maximum absolute atomic E-state index is 4.37. The molecular weight excluding hydrogens is 254 g/mol. The minimum absolute atomic E-state index is 0.157. The van der Waals surface area contributed by atoms with Gasteiger partial charge in [0, 0.05) is 6.42 Å². The Labute approximate surface area is 119 Å². The Kier molecular flexibility index (Phi) is 5.05. The molecule has 0 saturated heterocycles. The number of aromatic nitrogens is 2. The molecule has 1 N–H and O–H groups in total. The van der Waals surface area contributed by atoms with Gasteiger partial charge in [-0.3, -0.25) is 0 Å². The van der Waals surface area contributed by atoms with E-state index in [-0.39, 0.29) is 6.04 Å². The van der Waals surface area contributed by atoms with Crippen LogP contribution in [0.5, 0.6) is 0 Å². The molecule has 19 heavy (non-hydrogen) atoms. The molecule has 0 saturated carbocycles. The molecule has 3 nitrogen and oxygen atoms in total. The average molecular weight is 275 g/mol. The normalized spacial score (nSPS) is 12.8. The number of hydrogen-bond donors (Lipinski definition) is 1. The molecule has 1 heterocycles. The van der Waals surface area contributed by atoms with Crippen LogP contribution in [-0.4, -0.2) is 16.7 Å². The molecule has 0 bridgehead atoms. The second kappa shape index (κ2) is 6.78. The first-order valence-electron chi connectivity index (χ1n) is 6.81. The molecule has 0 radical (unpaired) electrons. The fraction of sp³-hybridized carbons (Fsp3) is 0.467. The Balaban J connectivity index is 2.22. The van der Waals surface area contributed by atoms with Gasteiger partial charge in [0.2, 0.25) is 0 Å². The van der Waals surface area contributed by atoms with Crippen LogP contribution in [0.25, 0.3) is 0 Å². The molecule has 0 aliphatic rings. The summed E-state index contributed by atoms with van der Waals surface area (Å²) in [5.41, 5.74) is 1.25. The third-order valence-electron chi connectivity index (χ3n) is 2.85. The van der Waals surface area contributed by atoms with Crippen LogP contribution in [0.15, 0.2) is 30.3 Å². The third kappa shape index (κ3) is 3.85. The van der Waals surface area contributed by atoms with Crippen molar-refractivity contribution in [2.75, 3.05) is 6.54 Å². The van der Waals surface area contributed by atoms with E-state index >= 15 is 0 Å². The molecule has 1 atom stereocenters. The van der Waals surface area contributed by atoms with E-state index in [9.17, 15) is 0 Å². The molecule has 1 aromatic carbocycles. The molecule has 0 amide bonds. The number of hydrogen-bond acceptors (Lipinski definition) is 4. The summed E-state index contributed by atoms with van der Waals surface area (Å²) in [7, 11) is 0. The highest BCUT2D eigenvalue weighted by atomic mass is 32.1. The van der Waals surface area contributed by atoms with Gasteiger partial charge in [-0.25, -0.2) is 0 Å². The predicted molar refractivity (Wildman–Crippen MR) is 80.4 cm³/mol. The lowest BCUT2D eigenvalue weighted by molar-refractivity contribution is 0.617. The molecule has 102 valence electrons. The summed E-state index contributed by atoms with van der Waals surface area (Å²) in [5, 5.41) is 14.4. The number of rotatable bonds is 6. The molecule has 2 aromatic rings. The van der Waals surface area contributed by atoms with E-state index < -0.39 is 0 Å². The van der Waals surface area contributed by atoms with Crippen molar-refractivity contribution >= 4 is 11.3 Å². The van der Waals surface area contributed by atoms with Crippen molar-refractivity contribution in [1.29, 1.82) is 0 Å². The van der Waals surface area contributed by atoms with Gasteiger partial charge in [-0.15, -0.1) is 10.2 Å². The first-order valence-corrected chi connectivity index (χ1v) is 7.63. The van der Waals surface area contributed by atoms with Gasteiger partial charge in [-0.05, 0) is 18.0 Å². The van der Waals surface area contributed by atoms with Crippen LogP contribution in [0.3, 0.4) is 0 Å². The summed E-state index contributed by atoms with van der Waals surface area (Å²) in [5.74, 6) is 0.620. The lowest BCUT2D eigenvalue weighted by Crippen LogP contribution is -2.21. The van der Waals surface area contributed by atoms with Crippen molar-refractivity contribution in [1.82, 2.24) is 15.5 Å². The molecule has 2 rings (SSSR count). The van der Waals surface area contributed by atoms with Crippen molar-refractivity contribution < 1.29 is 0 Å². The van der Waals surface area contributed by atoms with Gasteiger partial charge in [0.15, 0.2) is 0 Å². The van der Waals surface area contributed by atoms with Crippen molar-refractivity contribution in [3.63, 3.8) is 0 Å². The van der Waals surface area contributed by atoms with Gasteiger partial charge in [-0.2, -0.15) is 0 Å². The van der Waals surface area contributed by atoms with Gasteiger partial charge in [0.25, 0.3) is 0 Å². The lowest BCUT2D eigenvalue weighted by Gasteiger charge is -2.14. The van der Waals surface area contributed by atoms with E-state index in [1.165, 1.54) is 5.56 Å². The zero-order valence-corrected chi connectivity index (χ0v) is 12.6. The van der Waals surface area contributed by atoms with Crippen molar-refractivity contribution in [3.05, 3.63) is 45.9 Å². The molecule has 4 heteroatoms. The van der Waals surface area contributed by atoms with Crippen LogP contribution in [0, 0.1) is 5.92 Å². The van der Waals surface area contributed by atoms with Gasteiger partial charge >= 0.3 is 0 Å². The Bertz CT molecular complexity index is 493. The van der Waals surface area contributed by atoms with E-state index in [2.05, 4.69) is 60.6 Å². The monoisotopic (exact) mass is 275 g/mol. The molecule has 0 fully saturated rings. The summed E-state index contributed by atoms with van der Waals surface area (Å²) in [6, 6.07) is 10.6. The molecular formula is C15H21N3S. The zero-order valence-electron chi connectivity index (χ0n) is 11.8. The Morgan fingerprint density at radius 2 is 1.89 bits per heavy atom. The summed E-state index contributed by atoms with van der Waals surface area (Å²) in [6.45, 7) is 7.45. The van der Waals surface area contributed by atoms with E-state index in [1.54, 1.807) is 11.3 Å². The SMILES string of the molecule is CCNC(c1ccccc1)c1nnc(CC(C)C)s1. The summed E-state index contributed by atoms with van der Waals surface area (Å²) >= 11 is 1.72. The zero-order chi connectivity index (χ0) is 13.7. The first kappa shape index (κ1) is 14.2. The van der Waals surface area contributed by atoms with Crippen LogP contribution in [0.1, 0.15) is 42.4 Å². The number of nitrogens with one attached hydrogen (secondary N) is 1. The van der Waals surface area contributed by atoms with Gasteiger partial charge in [-0.1, -0.05) is 62.4 Å². The van der Waals surface area contributed by atoms with Crippen LogP contribution in [0.2, 0.25) is 0 Å². The van der Waals surface area contributed by atoms with Crippen LogP contribution in [-0.2, 0) is 6.42 Å². The standard InChI is InChI=1S/C15H21N3S/c1-4-16-14(12-8-6-5-7-9-12)15-18-17-13(19-15)10-11(2)3/h5-9,11,14,16H,4,10H2,1-3H3. The van der Waals surface area contributed by atoms with Crippen molar-refractivity contribution in [2.45, 2.75) is 33.2 Å². The second-order valence-corrected chi connectivity index (χ2v) is 6.13. The second-order valence-electron chi connectivity index (χ2n) is 5.03. The largest absolute Gasteiger partial charge is 0.304 e. The maximum atomic E-state index is 4.37. The molecule has 1 aromatic heterocycles. The Morgan fingerprint density at radius 3 is 2.53 bits per heavy atom. The summed E-state index contributed by atoms with van der Waals surface area (Å²) in [4.78, 5) is 0. The Morgan fingerprint density at radius 1 is 1.16 bits per heavy atom. The van der Waals surface area contributed by atoms with Crippen LogP contribution in [0.4, 0.5) is 0 Å². The third-order valence-corrected chi connectivity index (χ3v) is 3.86. The van der Waals surface area contributed by atoms with Crippen molar-refractivity contribution in [2.24, 2.45) is 5.92 Å². The highest BCUT2D eigenvalue weighted by molar-refractivity contribution is 7.11. The smallest absolute Gasteiger partial charge is 0.139 e. The fourth-order valence-corrected chi connectivity index (χ4v) is 3.17. The van der Waals surface area contributed by atoms with E-state index in [0.29, 0.717) is 5.92 Å². The predicted octanol–water partition coefficient (Wildman–Crippen LogP) is 3.44. The minimum atomic E-state index is 0.157. The van der Waals surface area contributed by atoms with Crippen LogP contribution >= 0.6 is 11.3 Å². The average Bonchev–Trinajstić information content (AvgIpc) is 2.84. The maximum Gasteiger partial charge on any atom is 0.139 e. The van der Waals surface area contributed by atoms with E-state index in [4.69, 9.17) is 0 Å². The molecule has 1 unspecified atom stereocenters. The molecule has 0 spiro atoms. The fourth-order valence-electron chi connectivity index (χ4n) is 2.01. The van der Waals surface area contributed by atoms with E-state index in [1.807, 2.05) is 6.07 Å². The van der Waals surface area contributed by atoms with E-state index in [0.717, 1.165) is 23.0 Å². The molecule has 0 aliphatic heterocycles. The highest BCUT2D eigenvalue weighted by Crippen LogP contribution is 2.25. The Hall–Kier alpha value is -1.26. The summed E-state index contributed by atoms with van der Waals surface area (Å²) < 4.78 is 0.